The van der Waals surface area contributed by atoms with E-state index in [2.05, 4.69) is 37.1 Å². The number of nitrogens with zero attached hydrogens (tertiary/aromatic N) is 1. The summed E-state index contributed by atoms with van der Waals surface area (Å²) in [6.07, 6.45) is 2.53. The summed E-state index contributed by atoms with van der Waals surface area (Å²) in [6.45, 7) is 10.2. The van der Waals surface area contributed by atoms with Crippen LogP contribution < -0.4 is 5.32 Å². The van der Waals surface area contributed by atoms with Gasteiger partial charge in [0.25, 0.3) is 0 Å². The summed E-state index contributed by atoms with van der Waals surface area (Å²) >= 11 is 12.6. The van der Waals surface area contributed by atoms with Gasteiger partial charge in [0.2, 0.25) is 0 Å². The van der Waals surface area contributed by atoms with Crippen LogP contribution in [0.25, 0.3) is 0 Å². The van der Waals surface area contributed by atoms with Crippen LogP contribution in [0, 0.1) is 5.92 Å². The molecule has 0 aromatic heterocycles. The molecule has 1 N–H and O–H groups in total. The molecule has 118 valence electrons. The Hall–Kier alpha value is -0.280. The Morgan fingerprint density at radius 2 is 1.86 bits per heavy atom. The highest BCUT2D eigenvalue weighted by molar-refractivity contribution is 6.42. The quantitative estimate of drug-likeness (QED) is 0.837. The van der Waals surface area contributed by atoms with E-state index in [1.54, 1.807) is 0 Å². The summed E-state index contributed by atoms with van der Waals surface area (Å²) < 4.78 is 0. The fourth-order valence-corrected chi connectivity index (χ4v) is 3.67. The molecule has 0 amide bonds. The van der Waals surface area contributed by atoms with Gasteiger partial charge in [-0.25, -0.2) is 0 Å². The van der Waals surface area contributed by atoms with Crippen LogP contribution in [0.1, 0.15) is 45.2 Å². The van der Waals surface area contributed by atoms with E-state index in [1.807, 2.05) is 12.1 Å². The topological polar surface area (TPSA) is 15.3 Å². The van der Waals surface area contributed by atoms with Gasteiger partial charge in [-0.1, -0.05) is 35.3 Å². The second-order valence-electron chi connectivity index (χ2n) is 6.30. The van der Waals surface area contributed by atoms with Crippen LogP contribution in [-0.2, 0) is 0 Å². The van der Waals surface area contributed by atoms with E-state index >= 15 is 0 Å². The van der Waals surface area contributed by atoms with Gasteiger partial charge in [0.05, 0.1) is 10.0 Å². The van der Waals surface area contributed by atoms with E-state index in [-0.39, 0.29) is 6.04 Å². The molecule has 2 nitrogen and oxygen atoms in total. The maximum atomic E-state index is 6.41. The lowest BCUT2D eigenvalue weighted by Gasteiger charge is -2.37. The highest BCUT2D eigenvalue weighted by Crippen LogP contribution is 2.34. The van der Waals surface area contributed by atoms with Crippen LogP contribution in [0.5, 0.6) is 0 Å². The predicted octanol–water partition coefficient (Wildman–Crippen LogP) is 4.76. The summed E-state index contributed by atoms with van der Waals surface area (Å²) in [5.74, 6) is 0.772. The molecule has 1 unspecified atom stereocenters. The van der Waals surface area contributed by atoms with Gasteiger partial charge < -0.3 is 5.32 Å². The monoisotopic (exact) mass is 328 g/mol. The number of halogens is 2. The Morgan fingerprint density at radius 3 is 2.48 bits per heavy atom. The van der Waals surface area contributed by atoms with Crippen LogP contribution in [0.2, 0.25) is 10.0 Å². The van der Waals surface area contributed by atoms with Gasteiger partial charge in [0.1, 0.15) is 0 Å². The molecule has 1 aliphatic heterocycles. The Kier molecular flexibility index (Phi) is 6.36. The summed E-state index contributed by atoms with van der Waals surface area (Å²) in [7, 11) is 0. The Bertz CT molecular complexity index is 456. The van der Waals surface area contributed by atoms with Gasteiger partial charge in [-0.15, -0.1) is 0 Å². The third kappa shape index (κ3) is 4.35. The molecule has 0 bridgehead atoms. The van der Waals surface area contributed by atoms with Crippen molar-refractivity contribution < 1.29 is 0 Å². The normalized spacial score (nSPS) is 18.4. The first-order chi connectivity index (χ1) is 10.0. The van der Waals surface area contributed by atoms with Crippen molar-refractivity contribution in [3.05, 3.63) is 33.8 Å². The minimum absolute atomic E-state index is 0.283. The molecular weight excluding hydrogens is 303 g/mol. The molecule has 1 fully saturated rings. The summed E-state index contributed by atoms with van der Waals surface area (Å²) in [5.41, 5.74) is 1.13. The first-order valence-electron chi connectivity index (χ1n) is 7.91. The maximum Gasteiger partial charge on any atom is 0.0640 e. The molecule has 1 aromatic rings. The second kappa shape index (κ2) is 7.82. The van der Waals surface area contributed by atoms with Crippen LogP contribution in [0.4, 0.5) is 0 Å². The molecule has 0 radical (unpaired) electrons. The van der Waals surface area contributed by atoms with Gasteiger partial charge in [-0.2, -0.15) is 0 Å². The predicted molar refractivity (Wildman–Crippen MR) is 92.3 cm³/mol. The summed E-state index contributed by atoms with van der Waals surface area (Å²) in [4.78, 5) is 2.55. The molecule has 2 rings (SSSR count). The Morgan fingerprint density at radius 1 is 1.19 bits per heavy atom. The van der Waals surface area contributed by atoms with E-state index in [4.69, 9.17) is 23.2 Å². The summed E-state index contributed by atoms with van der Waals surface area (Å²) in [5, 5.41) is 4.78. The van der Waals surface area contributed by atoms with E-state index in [0.29, 0.717) is 16.1 Å². The number of hydrogen-bond acceptors (Lipinski definition) is 2. The zero-order chi connectivity index (χ0) is 15.4. The molecule has 1 heterocycles. The first kappa shape index (κ1) is 17.1. The average Bonchev–Trinajstić information content (AvgIpc) is 2.48. The van der Waals surface area contributed by atoms with E-state index in [9.17, 15) is 0 Å². The zero-order valence-electron chi connectivity index (χ0n) is 13.2. The van der Waals surface area contributed by atoms with Crippen molar-refractivity contribution in [3.8, 4) is 0 Å². The van der Waals surface area contributed by atoms with Crippen molar-refractivity contribution >= 4 is 23.2 Å². The average molecular weight is 329 g/mol. The van der Waals surface area contributed by atoms with E-state index in [1.165, 1.54) is 12.8 Å². The lowest BCUT2D eigenvalue weighted by Crippen LogP contribution is -2.40. The molecule has 0 aliphatic carbocycles. The standard InChI is InChI=1S/C17H26Cl2N2/c1-12(2)21(11-14-7-9-20-10-8-14)13(3)15-5-4-6-16(18)17(15)19/h4-6,12-14,20H,7-11H2,1-3H3. The van der Waals surface area contributed by atoms with Crippen molar-refractivity contribution in [2.45, 2.75) is 45.7 Å². The zero-order valence-corrected chi connectivity index (χ0v) is 14.7. The lowest BCUT2D eigenvalue weighted by molar-refractivity contribution is 0.125. The first-order valence-corrected chi connectivity index (χ1v) is 8.66. The smallest absolute Gasteiger partial charge is 0.0640 e. The Labute approximate surface area is 138 Å². The number of piperidine rings is 1. The number of nitrogens with one attached hydrogen (secondary N) is 1. The van der Waals surface area contributed by atoms with Crippen LogP contribution in [-0.4, -0.2) is 30.6 Å². The fourth-order valence-electron chi connectivity index (χ4n) is 3.20. The van der Waals surface area contributed by atoms with Gasteiger partial charge in [0.15, 0.2) is 0 Å². The minimum atomic E-state index is 0.283. The van der Waals surface area contributed by atoms with Crippen molar-refractivity contribution in [1.82, 2.24) is 10.2 Å². The van der Waals surface area contributed by atoms with Gasteiger partial charge in [-0.05, 0) is 64.3 Å². The highest BCUT2D eigenvalue weighted by atomic mass is 35.5. The van der Waals surface area contributed by atoms with E-state index in [0.717, 1.165) is 31.1 Å². The molecule has 1 atom stereocenters. The third-order valence-corrected chi connectivity index (χ3v) is 5.35. The van der Waals surface area contributed by atoms with Crippen LogP contribution in [0.15, 0.2) is 18.2 Å². The molecule has 1 saturated heterocycles. The van der Waals surface area contributed by atoms with Gasteiger partial charge >= 0.3 is 0 Å². The van der Waals surface area contributed by atoms with Crippen molar-refractivity contribution in [1.29, 1.82) is 0 Å². The maximum absolute atomic E-state index is 6.41. The van der Waals surface area contributed by atoms with Crippen molar-refractivity contribution in [3.63, 3.8) is 0 Å². The highest BCUT2D eigenvalue weighted by Gasteiger charge is 2.25. The van der Waals surface area contributed by atoms with Crippen LogP contribution >= 0.6 is 23.2 Å². The number of benzene rings is 1. The molecule has 21 heavy (non-hydrogen) atoms. The molecule has 1 aromatic carbocycles. The minimum Gasteiger partial charge on any atom is -0.317 e. The third-order valence-electron chi connectivity index (χ3n) is 4.52. The second-order valence-corrected chi connectivity index (χ2v) is 7.09. The van der Waals surface area contributed by atoms with Gasteiger partial charge in [-0.3, -0.25) is 4.90 Å². The Balaban J connectivity index is 2.14. The molecular formula is C17H26Cl2N2. The van der Waals surface area contributed by atoms with Gasteiger partial charge in [0, 0.05) is 18.6 Å². The molecule has 4 heteroatoms. The van der Waals surface area contributed by atoms with Crippen molar-refractivity contribution in [2.24, 2.45) is 5.92 Å². The largest absolute Gasteiger partial charge is 0.317 e. The van der Waals surface area contributed by atoms with E-state index < -0.39 is 0 Å². The molecule has 1 aliphatic rings. The molecule has 0 spiro atoms. The van der Waals surface area contributed by atoms with Crippen LogP contribution in [0.3, 0.4) is 0 Å². The number of hydrogen-bond donors (Lipinski definition) is 1. The fraction of sp³-hybridized carbons (Fsp3) is 0.647. The summed E-state index contributed by atoms with van der Waals surface area (Å²) in [6, 6.07) is 6.71. The molecule has 0 saturated carbocycles. The lowest BCUT2D eigenvalue weighted by atomic mass is 9.95. The van der Waals surface area contributed by atoms with Crippen molar-refractivity contribution in [2.75, 3.05) is 19.6 Å². The number of rotatable bonds is 5. The SMILES string of the molecule is CC(C)N(CC1CCNCC1)C(C)c1cccc(Cl)c1Cl.